The first-order chi connectivity index (χ1) is 8.34. The fourth-order valence-electron chi connectivity index (χ4n) is 2.53. The average molecular weight is 230 g/mol. The monoisotopic (exact) mass is 230 g/mol. The fraction of sp³-hybridized carbons (Fsp3) is 0.462. The van der Waals surface area contributed by atoms with Crippen molar-refractivity contribution in [2.45, 2.75) is 18.9 Å². The van der Waals surface area contributed by atoms with Gasteiger partial charge in [0.05, 0.1) is 16.7 Å². The quantitative estimate of drug-likeness (QED) is 0.844. The molecule has 4 nitrogen and oxygen atoms in total. The summed E-state index contributed by atoms with van der Waals surface area (Å²) < 4.78 is 2.12. The number of aryl methyl sites for hydroxylation is 1. The van der Waals surface area contributed by atoms with Gasteiger partial charge < -0.3 is 15.2 Å². The van der Waals surface area contributed by atoms with Gasteiger partial charge in [0.15, 0.2) is 0 Å². The summed E-state index contributed by atoms with van der Waals surface area (Å²) in [5, 5.41) is 7.03. The van der Waals surface area contributed by atoms with Crippen molar-refractivity contribution in [2.75, 3.05) is 18.4 Å². The zero-order valence-corrected chi connectivity index (χ0v) is 10.1. The van der Waals surface area contributed by atoms with Gasteiger partial charge in [-0.3, -0.25) is 4.98 Å². The summed E-state index contributed by atoms with van der Waals surface area (Å²) >= 11 is 0. The van der Waals surface area contributed by atoms with Gasteiger partial charge >= 0.3 is 0 Å². The lowest BCUT2D eigenvalue weighted by Gasteiger charge is -2.13. The molecule has 0 radical (unpaired) electrons. The lowest BCUT2D eigenvalue weighted by atomic mass is 10.2. The smallest absolute Gasteiger partial charge is 0.0902 e. The van der Waals surface area contributed by atoms with E-state index in [0.717, 1.165) is 18.6 Å². The lowest BCUT2D eigenvalue weighted by molar-refractivity contribution is 0.633. The maximum atomic E-state index is 4.37. The second-order valence-corrected chi connectivity index (χ2v) is 4.69. The fourth-order valence-corrected chi connectivity index (χ4v) is 2.53. The van der Waals surface area contributed by atoms with Crippen LogP contribution in [0.5, 0.6) is 0 Å². The van der Waals surface area contributed by atoms with Crippen molar-refractivity contribution in [1.29, 1.82) is 0 Å². The van der Waals surface area contributed by atoms with Gasteiger partial charge in [0, 0.05) is 32.0 Å². The zero-order chi connectivity index (χ0) is 11.7. The Hall–Kier alpha value is -1.55. The zero-order valence-electron chi connectivity index (χ0n) is 10.1. The number of fused-ring (bicyclic) bond motifs is 1. The van der Waals surface area contributed by atoms with Gasteiger partial charge in [-0.15, -0.1) is 0 Å². The molecule has 0 aromatic carbocycles. The first-order valence-corrected chi connectivity index (χ1v) is 6.22. The Morgan fingerprint density at radius 1 is 1.53 bits per heavy atom. The number of nitrogens with zero attached hydrogens (tertiary/aromatic N) is 2. The first kappa shape index (κ1) is 10.6. The van der Waals surface area contributed by atoms with Crippen molar-refractivity contribution in [3.63, 3.8) is 0 Å². The SMILES string of the molecule is Cn1ccc2nccc(NCC3CCCN3)c21. The normalized spacial score (nSPS) is 19.9. The Labute approximate surface area is 101 Å². The van der Waals surface area contributed by atoms with E-state index < -0.39 is 0 Å². The second-order valence-electron chi connectivity index (χ2n) is 4.69. The lowest BCUT2D eigenvalue weighted by Crippen LogP contribution is -2.29. The minimum absolute atomic E-state index is 0.610. The van der Waals surface area contributed by atoms with Crippen LogP contribution < -0.4 is 10.6 Å². The summed E-state index contributed by atoms with van der Waals surface area (Å²) in [4.78, 5) is 4.37. The number of rotatable bonds is 3. The van der Waals surface area contributed by atoms with Crippen molar-refractivity contribution in [1.82, 2.24) is 14.9 Å². The van der Waals surface area contributed by atoms with E-state index in [1.807, 2.05) is 12.3 Å². The van der Waals surface area contributed by atoms with Gasteiger partial charge in [0.25, 0.3) is 0 Å². The van der Waals surface area contributed by atoms with E-state index in [-0.39, 0.29) is 0 Å². The number of aromatic nitrogens is 2. The van der Waals surface area contributed by atoms with Gasteiger partial charge in [0.1, 0.15) is 0 Å². The summed E-state index contributed by atoms with van der Waals surface area (Å²) in [5.41, 5.74) is 3.42. The van der Waals surface area contributed by atoms with Gasteiger partial charge in [-0.05, 0) is 31.5 Å². The highest BCUT2D eigenvalue weighted by atomic mass is 15.0. The molecule has 2 N–H and O–H groups in total. The van der Waals surface area contributed by atoms with E-state index in [0.29, 0.717) is 6.04 Å². The standard InChI is InChI=1S/C13H18N4/c1-17-8-5-12-13(17)11(4-7-15-12)16-9-10-3-2-6-14-10/h4-5,7-8,10,14H,2-3,6,9H2,1H3,(H,15,16). The summed E-state index contributed by atoms with van der Waals surface area (Å²) in [7, 11) is 2.06. The number of hydrogen-bond acceptors (Lipinski definition) is 3. The van der Waals surface area contributed by atoms with Crippen LogP contribution in [0.25, 0.3) is 11.0 Å². The molecular formula is C13H18N4. The minimum atomic E-state index is 0.610. The molecule has 0 aliphatic carbocycles. The predicted molar refractivity (Wildman–Crippen MR) is 70.2 cm³/mol. The third kappa shape index (κ3) is 2.00. The molecule has 3 rings (SSSR count). The number of pyridine rings is 1. The molecule has 17 heavy (non-hydrogen) atoms. The van der Waals surface area contributed by atoms with Crippen LogP contribution in [0.4, 0.5) is 5.69 Å². The van der Waals surface area contributed by atoms with E-state index in [4.69, 9.17) is 0 Å². The van der Waals surface area contributed by atoms with Crippen molar-refractivity contribution < 1.29 is 0 Å². The van der Waals surface area contributed by atoms with E-state index >= 15 is 0 Å². The van der Waals surface area contributed by atoms with Gasteiger partial charge in [-0.2, -0.15) is 0 Å². The van der Waals surface area contributed by atoms with Crippen LogP contribution in [0.2, 0.25) is 0 Å². The topological polar surface area (TPSA) is 41.9 Å². The summed E-state index contributed by atoms with van der Waals surface area (Å²) in [6.45, 7) is 2.15. The molecule has 1 aliphatic heterocycles. The summed E-state index contributed by atoms with van der Waals surface area (Å²) in [5.74, 6) is 0. The van der Waals surface area contributed by atoms with Crippen molar-refractivity contribution >= 4 is 16.7 Å². The molecule has 3 heterocycles. The molecule has 1 aliphatic rings. The molecule has 0 bridgehead atoms. The van der Waals surface area contributed by atoms with Crippen molar-refractivity contribution in [3.05, 3.63) is 24.5 Å². The van der Waals surface area contributed by atoms with Gasteiger partial charge in [-0.25, -0.2) is 0 Å². The van der Waals surface area contributed by atoms with E-state index in [9.17, 15) is 0 Å². The van der Waals surface area contributed by atoms with Crippen molar-refractivity contribution in [2.24, 2.45) is 7.05 Å². The Kier molecular flexibility index (Phi) is 2.73. The summed E-state index contributed by atoms with van der Waals surface area (Å²) in [6.07, 6.45) is 6.49. The van der Waals surface area contributed by atoms with E-state index in [1.54, 1.807) is 0 Å². The predicted octanol–water partition coefficient (Wildman–Crippen LogP) is 1.74. The molecular weight excluding hydrogens is 212 g/mol. The molecule has 90 valence electrons. The van der Waals surface area contributed by atoms with Crippen LogP contribution in [0.15, 0.2) is 24.5 Å². The molecule has 1 saturated heterocycles. The van der Waals surface area contributed by atoms with Gasteiger partial charge in [0.2, 0.25) is 0 Å². The number of hydrogen-bond donors (Lipinski definition) is 2. The Morgan fingerprint density at radius 3 is 3.29 bits per heavy atom. The van der Waals surface area contributed by atoms with Crippen LogP contribution >= 0.6 is 0 Å². The Bertz CT molecular complexity index is 511. The molecule has 0 amide bonds. The largest absolute Gasteiger partial charge is 0.382 e. The molecule has 0 spiro atoms. The van der Waals surface area contributed by atoms with Gasteiger partial charge in [-0.1, -0.05) is 0 Å². The summed E-state index contributed by atoms with van der Waals surface area (Å²) in [6, 6.07) is 4.71. The Balaban J connectivity index is 1.81. The minimum Gasteiger partial charge on any atom is -0.382 e. The van der Waals surface area contributed by atoms with E-state index in [1.165, 1.54) is 24.0 Å². The maximum absolute atomic E-state index is 4.37. The molecule has 1 atom stereocenters. The highest BCUT2D eigenvalue weighted by Crippen LogP contribution is 2.21. The van der Waals surface area contributed by atoms with Crippen LogP contribution in [0.1, 0.15) is 12.8 Å². The molecule has 0 saturated carbocycles. The van der Waals surface area contributed by atoms with E-state index in [2.05, 4.69) is 39.5 Å². The Morgan fingerprint density at radius 2 is 2.47 bits per heavy atom. The van der Waals surface area contributed by atoms with Crippen LogP contribution in [0.3, 0.4) is 0 Å². The third-order valence-corrected chi connectivity index (χ3v) is 3.46. The van der Waals surface area contributed by atoms with Crippen LogP contribution in [-0.2, 0) is 7.05 Å². The molecule has 2 aromatic heterocycles. The third-order valence-electron chi connectivity index (χ3n) is 3.46. The molecule has 2 aromatic rings. The van der Waals surface area contributed by atoms with Crippen molar-refractivity contribution in [3.8, 4) is 0 Å². The molecule has 4 heteroatoms. The molecule has 1 unspecified atom stereocenters. The number of nitrogens with one attached hydrogen (secondary N) is 2. The maximum Gasteiger partial charge on any atom is 0.0902 e. The first-order valence-electron chi connectivity index (χ1n) is 6.22. The molecule has 1 fully saturated rings. The number of anilines is 1. The highest BCUT2D eigenvalue weighted by Gasteiger charge is 2.14. The van der Waals surface area contributed by atoms with Crippen LogP contribution in [0, 0.1) is 0 Å². The average Bonchev–Trinajstić information content (AvgIpc) is 2.97. The highest BCUT2D eigenvalue weighted by molar-refractivity contribution is 5.88. The second kappa shape index (κ2) is 4.37. The van der Waals surface area contributed by atoms with Crippen LogP contribution in [-0.4, -0.2) is 28.7 Å².